The van der Waals surface area contributed by atoms with E-state index in [-0.39, 0.29) is 11.4 Å². The van der Waals surface area contributed by atoms with Crippen LogP contribution in [0, 0.1) is 5.41 Å². The lowest BCUT2D eigenvalue weighted by atomic mass is 9.82. The first-order valence-electron chi connectivity index (χ1n) is 8.69. The molecule has 0 aromatic rings. The summed E-state index contributed by atoms with van der Waals surface area (Å²) in [7, 11) is 1.49. The quantitative estimate of drug-likeness (QED) is 0.311. The van der Waals surface area contributed by atoms with E-state index in [2.05, 4.69) is 13.8 Å². The molecular formula is C18H36O2. The largest absolute Gasteiger partial charge is 0.469 e. The fourth-order valence-corrected chi connectivity index (χ4v) is 2.67. The summed E-state index contributed by atoms with van der Waals surface area (Å²) in [6.07, 6.45) is 15.2. The van der Waals surface area contributed by atoms with Gasteiger partial charge in [-0.1, -0.05) is 78.1 Å². The van der Waals surface area contributed by atoms with Crippen molar-refractivity contribution in [2.45, 2.75) is 97.8 Å². The highest BCUT2D eigenvalue weighted by atomic mass is 16.5. The molecule has 0 aromatic carbocycles. The Morgan fingerprint density at radius 2 is 1.30 bits per heavy atom. The van der Waals surface area contributed by atoms with Gasteiger partial charge in [-0.3, -0.25) is 4.79 Å². The second-order valence-corrected chi connectivity index (χ2v) is 6.34. The summed E-state index contributed by atoms with van der Waals surface area (Å²) in [5.74, 6) is -0.0454. The lowest BCUT2D eigenvalue weighted by Gasteiger charge is -2.24. The van der Waals surface area contributed by atoms with Crippen LogP contribution < -0.4 is 0 Å². The standard InChI is InChI=1S/C18H36O2/c1-5-7-8-9-10-11-12-13-14-15-16-18(3,6-2)17(19)20-4/h5-16H2,1-4H3. The van der Waals surface area contributed by atoms with Crippen molar-refractivity contribution >= 4 is 5.97 Å². The van der Waals surface area contributed by atoms with E-state index in [0.717, 1.165) is 19.3 Å². The van der Waals surface area contributed by atoms with Gasteiger partial charge >= 0.3 is 5.97 Å². The van der Waals surface area contributed by atoms with Gasteiger partial charge in [0.05, 0.1) is 12.5 Å². The van der Waals surface area contributed by atoms with Crippen molar-refractivity contribution in [1.29, 1.82) is 0 Å². The number of methoxy groups -OCH3 is 1. The molecule has 0 fully saturated rings. The molecule has 0 aromatic heterocycles. The molecule has 2 nitrogen and oxygen atoms in total. The van der Waals surface area contributed by atoms with E-state index in [1.54, 1.807) is 0 Å². The zero-order valence-electron chi connectivity index (χ0n) is 14.3. The second-order valence-electron chi connectivity index (χ2n) is 6.34. The Labute approximate surface area is 126 Å². The molecule has 20 heavy (non-hydrogen) atoms. The SMILES string of the molecule is CCCCCCCCCCCCC(C)(CC)C(=O)OC. The minimum Gasteiger partial charge on any atom is -0.469 e. The van der Waals surface area contributed by atoms with E-state index in [0.29, 0.717) is 0 Å². The molecule has 0 spiro atoms. The third-order valence-corrected chi connectivity index (χ3v) is 4.54. The van der Waals surface area contributed by atoms with Crippen molar-refractivity contribution in [2.75, 3.05) is 7.11 Å². The summed E-state index contributed by atoms with van der Waals surface area (Å²) in [6, 6.07) is 0. The smallest absolute Gasteiger partial charge is 0.311 e. The summed E-state index contributed by atoms with van der Waals surface area (Å²) in [6.45, 7) is 6.37. The van der Waals surface area contributed by atoms with Crippen LogP contribution in [0.1, 0.15) is 97.8 Å². The number of carbonyl (C=O) groups is 1. The van der Waals surface area contributed by atoms with Gasteiger partial charge in [0.25, 0.3) is 0 Å². The third kappa shape index (κ3) is 8.60. The maximum atomic E-state index is 11.7. The van der Waals surface area contributed by atoms with Crippen LogP contribution in [0.3, 0.4) is 0 Å². The van der Waals surface area contributed by atoms with Crippen LogP contribution in [0.4, 0.5) is 0 Å². The van der Waals surface area contributed by atoms with Crippen LogP contribution in [0.5, 0.6) is 0 Å². The number of hydrogen-bond donors (Lipinski definition) is 0. The minimum atomic E-state index is -0.269. The maximum Gasteiger partial charge on any atom is 0.311 e. The number of unbranched alkanes of at least 4 members (excludes halogenated alkanes) is 9. The van der Waals surface area contributed by atoms with Crippen molar-refractivity contribution < 1.29 is 9.53 Å². The van der Waals surface area contributed by atoms with E-state index in [1.165, 1.54) is 64.9 Å². The van der Waals surface area contributed by atoms with Gasteiger partial charge in [-0.25, -0.2) is 0 Å². The number of ether oxygens (including phenoxy) is 1. The highest BCUT2D eigenvalue weighted by Gasteiger charge is 2.31. The molecular weight excluding hydrogens is 248 g/mol. The minimum absolute atomic E-state index is 0.0454. The van der Waals surface area contributed by atoms with Crippen LogP contribution in [-0.2, 0) is 9.53 Å². The second kappa shape index (κ2) is 12.2. The fourth-order valence-electron chi connectivity index (χ4n) is 2.67. The Morgan fingerprint density at radius 3 is 1.70 bits per heavy atom. The molecule has 1 atom stereocenters. The summed E-state index contributed by atoms with van der Waals surface area (Å²) < 4.78 is 4.91. The van der Waals surface area contributed by atoms with E-state index in [4.69, 9.17) is 4.74 Å². The molecule has 0 aliphatic rings. The van der Waals surface area contributed by atoms with Crippen LogP contribution in [0.25, 0.3) is 0 Å². The van der Waals surface area contributed by atoms with Gasteiger partial charge in [0.2, 0.25) is 0 Å². The molecule has 0 rings (SSSR count). The highest BCUT2D eigenvalue weighted by molar-refractivity contribution is 5.76. The number of esters is 1. The predicted molar refractivity (Wildman–Crippen MR) is 86.9 cm³/mol. The van der Waals surface area contributed by atoms with E-state index in [9.17, 15) is 4.79 Å². The van der Waals surface area contributed by atoms with E-state index in [1.807, 2.05) is 6.92 Å². The number of hydrogen-bond acceptors (Lipinski definition) is 2. The van der Waals surface area contributed by atoms with Gasteiger partial charge in [0.15, 0.2) is 0 Å². The van der Waals surface area contributed by atoms with Crippen molar-refractivity contribution in [1.82, 2.24) is 0 Å². The number of rotatable bonds is 13. The molecule has 0 saturated heterocycles. The zero-order valence-corrected chi connectivity index (χ0v) is 14.3. The topological polar surface area (TPSA) is 26.3 Å². The Bertz CT molecular complexity index is 238. The molecule has 120 valence electrons. The maximum absolute atomic E-state index is 11.7. The van der Waals surface area contributed by atoms with Gasteiger partial charge in [-0.05, 0) is 19.8 Å². The predicted octanol–water partition coefficient (Wildman–Crippen LogP) is 5.89. The Hall–Kier alpha value is -0.530. The average Bonchev–Trinajstić information content (AvgIpc) is 2.48. The first-order chi connectivity index (χ1) is 9.60. The molecule has 0 saturated carbocycles. The summed E-state index contributed by atoms with van der Waals surface area (Å²) >= 11 is 0. The van der Waals surface area contributed by atoms with Gasteiger partial charge in [0, 0.05) is 0 Å². The Morgan fingerprint density at radius 1 is 0.850 bits per heavy atom. The lowest BCUT2D eigenvalue weighted by Crippen LogP contribution is -2.28. The molecule has 2 heteroatoms. The first kappa shape index (κ1) is 19.5. The van der Waals surface area contributed by atoms with Crippen molar-refractivity contribution in [3.8, 4) is 0 Å². The summed E-state index contributed by atoms with van der Waals surface area (Å²) in [5.41, 5.74) is -0.269. The fraction of sp³-hybridized carbons (Fsp3) is 0.944. The van der Waals surface area contributed by atoms with Gasteiger partial charge in [0.1, 0.15) is 0 Å². The van der Waals surface area contributed by atoms with Crippen LogP contribution in [-0.4, -0.2) is 13.1 Å². The molecule has 0 N–H and O–H groups in total. The van der Waals surface area contributed by atoms with Crippen LogP contribution in [0.2, 0.25) is 0 Å². The third-order valence-electron chi connectivity index (χ3n) is 4.54. The highest BCUT2D eigenvalue weighted by Crippen LogP contribution is 2.30. The molecule has 0 aliphatic carbocycles. The van der Waals surface area contributed by atoms with Gasteiger partial charge in [-0.15, -0.1) is 0 Å². The molecule has 0 aliphatic heterocycles. The molecule has 1 unspecified atom stereocenters. The van der Waals surface area contributed by atoms with Crippen LogP contribution in [0.15, 0.2) is 0 Å². The summed E-state index contributed by atoms with van der Waals surface area (Å²) in [4.78, 5) is 11.7. The lowest BCUT2D eigenvalue weighted by molar-refractivity contribution is -0.152. The zero-order chi connectivity index (χ0) is 15.3. The Kier molecular flexibility index (Phi) is 11.9. The average molecular weight is 284 g/mol. The monoisotopic (exact) mass is 284 g/mol. The van der Waals surface area contributed by atoms with Gasteiger partial charge in [-0.2, -0.15) is 0 Å². The molecule has 0 heterocycles. The summed E-state index contributed by atoms with van der Waals surface area (Å²) in [5, 5.41) is 0. The number of carbonyl (C=O) groups excluding carboxylic acids is 1. The molecule has 0 radical (unpaired) electrons. The molecule has 0 bridgehead atoms. The van der Waals surface area contributed by atoms with E-state index >= 15 is 0 Å². The van der Waals surface area contributed by atoms with Crippen molar-refractivity contribution in [3.63, 3.8) is 0 Å². The van der Waals surface area contributed by atoms with Crippen LogP contribution >= 0.6 is 0 Å². The van der Waals surface area contributed by atoms with Crippen molar-refractivity contribution in [2.24, 2.45) is 5.41 Å². The Balaban J connectivity index is 3.49. The van der Waals surface area contributed by atoms with E-state index < -0.39 is 0 Å². The molecule has 0 amide bonds. The van der Waals surface area contributed by atoms with Gasteiger partial charge < -0.3 is 4.74 Å². The first-order valence-corrected chi connectivity index (χ1v) is 8.69. The normalized spacial score (nSPS) is 14.0. The van der Waals surface area contributed by atoms with Crippen molar-refractivity contribution in [3.05, 3.63) is 0 Å².